The zero-order valence-electron chi connectivity index (χ0n) is 10.8. The van der Waals surface area contributed by atoms with E-state index in [2.05, 4.69) is 0 Å². The van der Waals surface area contributed by atoms with Crippen molar-refractivity contribution in [2.24, 2.45) is 0 Å². The Kier molecular flexibility index (Phi) is 5.13. The molecule has 0 saturated heterocycles. The van der Waals surface area contributed by atoms with Crippen molar-refractivity contribution >= 4 is 12.0 Å². The van der Waals surface area contributed by atoms with Gasteiger partial charge in [0.05, 0.1) is 0 Å². The summed E-state index contributed by atoms with van der Waals surface area (Å²) >= 11 is 0. The van der Waals surface area contributed by atoms with E-state index in [-0.39, 0.29) is 18.1 Å². The van der Waals surface area contributed by atoms with Crippen LogP contribution in [-0.2, 0) is 4.79 Å². The van der Waals surface area contributed by atoms with E-state index in [0.717, 1.165) is 5.56 Å². The molecule has 5 nitrogen and oxygen atoms in total. The molecule has 0 bridgehead atoms. The molecule has 0 N–H and O–H groups in total. The predicted molar refractivity (Wildman–Crippen MR) is 69.8 cm³/mol. The van der Waals surface area contributed by atoms with Crippen LogP contribution in [0.2, 0.25) is 0 Å². The molecule has 0 aliphatic heterocycles. The maximum atomic E-state index is 11.7. The van der Waals surface area contributed by atoms with Crippen molar-refractivity contribution in [1.29, 1.82) is 10.5 Å². The number of hydrogen-bond acceptors (Lipinski definition) is 4. The van der Waals surface area contributed by atoms with Crippen LogP contribution in [-0.4, -0.2) is 31.5 Å². The number of nitrogens with zero attached hydrogens (tertiary/aromatic N) is 3. The molecule has 0 aliphatic carbocycles. The summed E-state index contributed by atoms with van der Waals surface area (Å²) in [6.07, 6.45) is 1.51. The molecule has 1 amide bonds. The first kappa shape index (κ1) is 14.3. The number of hydrogen-bond donors (Lipinski definition) is 0. The van der Waals surface area contributed by atoms with Gasteiger partial charge in [-0.25, -0.2) is 0 Å². The van der Waals surface area contributed by atoms with Crippen LogP contribution in [0.25, 0.3) is 6.08 Å². The molecule has 0 aliphatic rings. The van der Waals surface area contributed by atoms with E-state index in [4.69, 9.17) is 15.3 Å². The van der Waals surface area contributed by atoms with Gasteiger partial charge in [-0.15, -0.1) is 0 Å². The summed E-state index contributed by atoms with van der Waals surface area (Å²) in [5, 5.41) is 17.3. The number of benzene rings is 1. The van der Waals surface area contributed by atoms with E-state index in [9.17, 15) is 4.79 Å². The maximum Gasteiger partial charge on any atom is 0.264 e. The minimum atomic E-state index is -0.340. The Morgan fingerprint density at radius 3 is 2.42 bits per heavy atom. The van der Waals surface area contributed by atoms with Crippen LogP contribution >= 0.6 is 0 Å². The average Bonchev–Trinajstić information content (AvgIpc) is 2.43. The molecule has 1 aromatic carbocycles. The second-order valence-corrected chi connectivity index (χ2v) is 3.89. The predicted octanol–water partition coefficient (Wildman–Crippen LogP) is 1.58. The average molecular weight is 255 g/mol. The molecule has 96 valence electrons. The number of likely N-dealkylation sites (N-methyl/N-ethyl adjacent to an activating group) is 1. The SMILES string of the molecule is CN(C)C(=O)/C(C#N)=C\c1ccc(OCC#N)cc1. The fraction of sp³-hybridized carbons (Fsp3) is 0.214. The molecular formula is C14H13N3O2. The summed E-state index contributed by atoms with van der Waals surface area (Å²) in [5.41, 5.74) is 0.784. The zero-order valence-corrected chi connectivity index (χ0v) is 10.8. The van der Waals surface area contributed by atoms with Gasteiger partial charge in [-0.1, -0.05) is 12.1 Å². The lowest BCUT2D eigenvalue weighted by atomic mass is 10.1. The standard InChI is InChI=1S/C14H13N3O2/c1-17(2)14(18)12(10-16)9-11-3-5-13(6-4-11)19-8-7-15/h3-6,9H,8H2,1-2H3/b12-9-. The van der Waals surface area contributed by atoms with Crippen molar-refractivity contribution < 1.29 is 9.53 Å². The molecule has 1 rings (SSSR count). The third-order valence-corrected chi connectivity index (χ3v) is 2.25. The molecule has 0 radical (unpaired) electrons. The van der Waals surface area contributed by atoms with Gasteiger partial charge in [-0.2, -0.15) is 10.5 Å². The Balaban J connectivity index is 2.89. The summed E-state index contributed by atoms with van der Waals surface area (Å²) in [6, 6.07) is 10.5. The number of nitriles is 2. The van der Waals surface area contributed by atoms with Crippen LogP contribution in [0.1, 0.15) is 5.56 Å². The fourth-order valence-corrected chi connectivity index (χ4v) is 1.33. The summed E-state index contributed by atoms with van der Waals surface area (Å²) in [6.45, 7) is -0.0161. The molecule has 1 aromatic rings. The highest BCUT2D eigenvalue weighted by Crippen LogP contribution is 2.15. The topological polar surface area (TPSA) is 77.1 Å². The van der Waals surface area contributed by atoms with Crippen LogP contribution in [0.15, 0.2) is 29.8 Å². The molecule has 5 heteroatoms. The van der Waals surface area contributed by atoms with Crippen molar-refractivity contribution in [3.63, 3.8) is 0 Å². The molecule has 0 spiro atoms. The van der Waals surface area contributed by atoms with Crippen LogP contribution in [0.5, 0.6) is 5.75 Å². The van der Waals surface area contributed by atoms with Crippen molar-refractivity contribution in [3.05, 3.63) is 35.4 Å². The summed E-state index contributed by atoms with van der Waals surface area (Å²) in [5.74, 6) is 0.225. The van der Waals surface area contributed by atoms with Gasteiger partial charge in [0.15, 0.2) is 6.61 Å². The summed E-state index contributed by atoms with van der Waals surface area (Å²) in [4.78, 5) is 13.0. The Bertz CT molecular complexity index is 560. The van der Waals surface area contributed by atoms with Gasteiger partial charge in [0, 0.05) is 14.1 Å². The first-order chi connectivity index (χ1) is 9.08. The summed E-state index contributed by atoms with van der Waals surface area (Å²) in [7, 11) is 3.18. The fourth-order valence-electron chi connectivity index (χ4n) is 1.33. The van der Waals surface area contributed by atoms with E-state index in [1.807, 2.05) is 12.1 Å². The van der Waals surface area contributed by atoms with E-state index in [0.29, 0.717) is 5.75 Å². The first-order valence-corrected chi connectivity index (χ1v) is 5.51. The highest BCUT2D eigenvalue weighted by atomic mass is 16.5. The highest BCUT2D eigenvalue weighted by molar-refractivity contribution is 6.01. The lowest BCUT2D eigenvalue weighted by Gasteiger charge is -2.08. The molecule has 0 aromatic heterocycles. The largest absolute Gasteiger partial charge is 0.479 e. The monoisotopic (exact) mass is 255 g/mol. The first-order valence-electron chi connectivity index (χ1n) is 5.51. The Labute approximate surface area is 111 Å². The lowest BCUT2D eigenvalue weighted by Crippen LogP contribution is -2.22. The number of rotatable bonds is 4. The zero-order chi connectivity index (χ0) is 14.3. The van der Waals surface area contributed by atoms with Gasteiger partial charge >= 0.3 is 0 Å². The van der Waals surface area contributed by atoms with Gasteiger partial charge in [-0.3, -0.25) is 4.79 Å². The van der Waals surface area contributed by atoms with Crippen molar-refractivity contribution in [1.82, 2.24) is 4.90 Å². The molecule has 0 atom stereocenters. The molecule has 0 fully saturated rings. The van der Waals surface area contributed by atoms with Crippen LogP contribution in [0.3, 0.4) is 0 Å². The van der Waals surface area contributed by atoms with E-state index in [1.165, 1.54) is 11.0 Å². The molecule has 0 saturated carbocycles. The Morgan fingerprint density at radius 1 is 1.32 bits per heavy atom. The van der Waals surface area contributed by atoms with Gasteiger partial charge in [0.1, 0.15) is 23.5 Å². The molecular weight excluding hydrogens is 242 g/mol. The quantitative estimate of drug-likeness (QED) is 0.604. The number of ether oxygens (including phenoxy) is 1. The third-order valence-electron chi connectivity index (χ3n) is 2.25. The van der Waals surface area contributed by atoms with Gasteiger partial charge in [0.2, 0.25) is 0 Å². The van der Waals surface area contributed by atoms with Gasteiger partial charge < -0.3 is 9.64 Å². The van der Waals surface area contributed by atoms with Crippen molar-refractivity contribution in [2.75, 3.05) is 20.7 Å². The molecule has 0 unspecified atom stereocenters. The minimum absolute atomic E-state index is 0.0161. The Morgan fingerprint density at radius 2 is 1.95 bits per heavy atom. The van der Waals surface area contributed by atoms with Crippen LogP contribution in [0.4, 0.5) is 0 Å². The van der Waals surface area contributed by atoms with E-state index >= 15 is 0 Å². The molecule has 0 heterocycles. The number of carbonyl (C=O) groups excluding carboxylic acids is 1. The third kappa shape index (κ3) is 4.18. The smallest absolute Gasteiger partial charge is 0.264 e. The van der Waals surface area contributed by atoms with E-state index in [1.54, 1.807) is 38.4 Å². The lowest BCUT2D eigenvalue weighted by molar-refractivity contribution is -0.124. The molecule has 19 heavy (non-hydrogen) atoms. The van der Waals surface area contributed by atoms with Crippen LogP contribution < -0.4 is 4.74 Å². The van der Waals surface area contributed by atoms with Crippen molar-refractivity contribution in [3.8, 4) is 17.9 Å². The maximum absolute atomic E-state index is 11.7. The minimum Gasteiger partial charge on any atom is -0.479 e. The normalized spacial score (nSPS) is 10.2. The number of carbonyl (C=O) groups is 1. The van der Waals surface area contributed by atoms with Gasteiger partial charge in [-0.05, 0) is 23.8 Å². The second kappa shape index (κ2) is 6.83. The van der Waals surface area contributed by atoms with Crippen LogP contribution in [0, 0.1) is 22.7 Å². The Hall–Kier alpha value is -2.79. The van der Waals surface area contributed by atoms with E-state index < -0.39 is 0 Å². The van der Waals surface area contributed by atoms with Gasteiger partial charge in [0.25, 0.3) is 5.91 Å². The summed E-state index contributed by atoms with van der Waals surface area (Å²) < 4.78 is 5.11. The highest BCUT2D eigenvalue weighted by Gasteiger charge is 2.10. The van der Waals surface area contributed by atoms with Crippen molar-refractivity contribution in [2.45, 2.75) is 0 Å². The second-order valence-electron chi connectivity index (χ2n) is 3.89. The number of amides is 1.